The molecule has 3 rings (SSSR count). The Hall–Kier alpha value is -1.60. The van der Waals surface area contributed by atoms with E-state index in [2.05, 4.69) is 9.97 Å². The highest BCUT2D eigenvalue weighted by atomic mass is 32.2. The van der Waals surface area contributed by atoms with E-state index in [-0.39, 0.29) is 5.75 Å². The fourth-order valence-electron chi connectivity index (χ4n) is 2.47. The molecule has 1 unspecified atom stereocenters. The van der Waals surface area contributed by atoms with E-state index in [9.17, 15) is 8.42 Å². The lowest BCUT2D eigenvalue weighted by molar-refractivity contribution is 0.506. The zero-order valence-corrected chi connectivity index (χ0v) is 12.0. The number of H-pyrrole nitrogens is 1. The van der Waals surface area contributed by atoms with Gasteiger partial charge in [-0.05, 0) is 18.9 Å². The molecule has 108 valence electrons. The number of nitrogens with zero attached hydrogens (tertiary/aromatic N) is 1. The molecule has 20 heavy (non-hydrogen) atoms. The standard InChI is InChI=1S/C13H17N3O3S/c1-20(17,18)7-5-9(14)13-15-10-2-3-11-8(4-6-19-11)12(10)16-13/h4,6,9H,2-3,5,7,14H2,1H3,(H,15,16). The van der Waals surface area contributed by atoms with Gasteiger partial charge in [-0.3, -0.25) is 0 Å². The number of sulfone groups is 1. The van der Waals surface area contributed by atoms with Crippen LogP contribution in [0.4, 0.5) is 0 Å². The summed E-state index contributed by atoms with van der Waals surface area (Å²) in [6, 6.07) is 1.51. The third kappa shape index (κ3) is 2.51. The third-order valence-corrected chi connectivity index (χ3v) is 4.53. The minimum atomic E-state index is -3.01. The van der Waals surface area contributed by atoms with E-state index in [1.807, 2.05) is 6.07 Å². The van der Waals surface area contributed by atoms with Crippen LogP contribution < -0.4 is 5.73 Å². The van der Waals surface area contributed by atoms with Gasteiger partial charge in [0.2, 0.25) is 0 Å². The Morgan fingerprint density at radius 2 is 2.30 bits per heavy atom. The van der Waals surface area contributed by atoms with E-state index in [0.717, 1.165) is 35.6 Å². The van der Waals surface area contributed by atoms with Crippen molar-refractivity contribution in [1.29, 1.82) is 0 Å². The van der Waals surface area contributed by atoms with Crippen molar-refractivity contribution in [1.82, 2.24) is 9.97 Å². The highest BCUT2D eigenvalue weighted by molar-refractivity contribution is 7.90. The average molecular weight is 295 g/mol. The first-order valence-corrected chi connectivity index (χ1v) is 8.59. The number of aromatic nitrogens is 2. The smallest absolute Gasteiger partial charge is 0.147 e. The Morgan fingerprint density at radius 3 is 3.05 bits per heavy atom. The molecule has 2 aromatic heterocycles. The van der Waals surface area contributed by atoms with Gasteiger partial charge >= 0.3 is 0 Å². The van der Waals surface area contributed by atoms with Crippen molar-refractivity contribution >= 4 is 9.84 Å². The average Bonchev–Trinajstić information content (AvgIpc) is 2.99. The fraction of sp³-hybridized carbons (Fsp3) is 0.462. The highest BCUT2D eigenvalue weighted by Gasteiger charge is 2.24. The molecular formula is C13H17N3O3S. The number of hydrogen-bond donors (Lipinski definition) is 2. The SMILES string of the molecule is CS(=O)(=O)CCC(N)c1nc2c([nH]1)CCc1occc1-2. The van der Waals surface area contributed by atoms with Crippen LogP contribution in [0.25, 0.3) is 11.3 Å². The second-order valence-corrected chi connectivity index (χ2v) is 7.49. The molecular weight excluding hydrogens is 278 g/mol. The molecule has 3 N–H and O–H groups in total. The molecule has 2 aromatic rings. The summed E-state index contributed by atoms with van der Waals surface area (Å²) >= 11 is 0. The van der Waals surface area contributed by atoms with Gasteiger partial charge in [-0.2, -0.15) is 0 Å². The van der Waals surface area contributed by atoms with Crippen molar-refractivity contribution in [2.24, 2.45) is 5.73 Å². The maximum Gasteiger partial charge on any atom is 0.147 e. The molecule has 7 heteroatoms. The van der Waals surface area contributed by atoms with Crippen LogP contribution in [0.2, 0.25) is 0 Å². The van der Waals surface area contributed by atoms with E-state index < -0.39 is 15.9 Å². The fourth-order valence-corrected chi connectivity index (χ4v) is 3.15. The minimum Gasteiger partial charge on any atom is -0.469 e. The molecule has 0 aliphatic heterocycles. The molecule has 0 aromatic carbocycles. The number of fused-ring (bicyclic) bond motifs is 3. The van der Waals surface area contributed by atoms with Crippen LogP contribution in [0.1, 0.15) is 29.7 Å². The van der Waals surface area contributed by atoms with Crippen molar-refractivity contribution < 1.29 is 12.8 Å². The van der Waals surface area contributed by atoms with E-state index in [1.54, 1.807) is 6.26 Å². The molecule has 0 bridgehead atoms. The first kappa shape index (κ1) is 13.4. The second kappa shape index (κ2) is 4.75. The van der Waals surface area contributed by atoms with Crippen molar-refractivity contribution in [2.45, 2.75) is 25.3 Å². The molecule has 0 radical (unpaired) electrons. The second-order valence-electron chi connectivity index (χ2n) is 5.23. The van der Waals surface area contributed by atoms with E-state index in [0.29, 0.717) is 12.2 Å². The van der Waals surface area contributed by atoms with Crippen LogP contribution in [-0.2, 0) is 22.7 Å². The lowest BCUT2D eigenvalue weighted by Crippen LogP contribution is -2.17. The lowest BCUT2D eigenvalue weighted by atomic mass is 10.00. The van der Waals surface area contributed by atoms with Gasteiger partial charge in [-0.15, -0.1) is 0 Å². The summed E-state index contributed by atoms with van der Waals surface area (Å²) < 4.78 is 27.8. The van der Waals surface area contributed by atoms with Crippen LogP contribution in [0.15, 0.2) is 16.7 Å². The van der Waals surface area contributed by atoms with Crippen molar-refractivity contribution in [3.8, 4) is 11.3 Å². The molecule has 0 fully saturated rings. The molecule has 0 saturated heterocycles. The van der Waals surface area contributed by atoms with Gasteiger partial charge in [0.25, 0.3) is 0 Å². The number of nitrogens with one attached hydrogen (secondary N) is 1. The Morgan fingerprint density at radius 1 is 1.50 bits per heavy atom. The summed E-state index contributed by atoms with van der Waals surface area (Å²) in [6.45, 7) is 0. The van der Waals surface area contributed by atoms with Crippen molar-refractivity contribution in [3.05, 3.63) is 29.6 Å². The first-order chi connectivity index (χ1) is 9.44. The largest absolute Gasteiger partial charge is 0.469 e. The zero-order valence-electron chi connectivity index (χ0n) is 11.2. The predicted octanol–water partition coefficient (Wildman–Crippen LogP) is 1.20. The molecule has 0 spiro atoms. The topological polar surface area (TPSA) is 102 Å². The molecule has 2 heterocycles. The van der Waals surface area contributed by atoms with Gasteiger partial charge in [0.1, 0.15) is 21.4 Å². The molecule has 1 atom stereocenters. The van der Waals surface area contributed by atoms with Crippen LogP contribution in [0.3, 0.4) is 0 Å². The Labute approximate surface area is 117 Å². The van der Waals surface area contributed by atoms with Gasteiger partial charge in [-0.1, -0.05) is 0 Å². The summed E-state index contributed by atoms with van der Waals surface area (Å²) in [5.41, 5.74) is 8.96. The predicted molar refractivity (Wildman–Crippen MR) is 75.0 cm³/mol. The normalized spacial score (nSPS) is 15.7. The summed E-state index contributed by atoms with van der Waals surface area (Å²) in [7, 11) is -3.01. The van der Waals surface area contributed by atoms with Crippen LogP contribution in [0, 0.1) is 0 Å². The van der Waals surface area contributed by atoms with Gasteiger partial charge in [-0.25, -0.2) is 13.4 Å². The van der Waals surface area contributed by atoms with Gasteiger partial charge in [0, 0.05) is 23.9 Å². The van der Waals surface area contributed by atoms with E-state index >= 15 is 0 Å². The molecule has 1 aliphatic carbocycles. The molecule has 1 aliphatic rings. The van der Waals surface area contributed by atoms with E-state index in [1.165, 1.54) is 6.26 Å². The third-order valence-electron chi connectivity index (χ3n) is 3.55. The van der Waals surface area contributed by atoms with Crippen LogP contribution in [0.5, 0.6) is 0 Å². The van der Waals surface area contributed by atoms with Crippen molar-refractivity contribution in [3.63, 3.8) is 0 Å². The summed E-state index contributed by atoms with van der Waals surface area (Å²) in [5, 5.41) is 0. The summed E-state index contributed by atoms with van der Waals surface area (Å²) in [4.78, 5) is 7.76. The van der Waals surface area contributed by atoms with Crippen molar-refractivity contribution in [2.75, 3.05) is 12.0 Å². The number of furan rings is 1. The Balaban J connectivity index is 1.84. The summed E-state index contributed by atoms with van der Waals surface area (Å²) in [6.07, 6.45) is 4.92. The molecule has 6 nitrogen and oxygen atoms in total. The van der Waals surface area contributed by atoms with Gasteiger partial charge < -0.3 is 15.1 Å². The quantitative estimate of drug-likeness (QED) is 0.882. The van der Waals surface area contributed by atoms with Crippen LogP contribution in [-0.4, -0.2) is 30.4 Å². The maximum atomic E-state index is 11.2. The number of nitrogens with two attached hydrogens (primary N) is 1. The first-order valence-electron chi connectivity index (χ1n) is 6.53. The number of hydrogen-bond acceptors (Lipinski definition) is 5. The number of aryl methyl sites for hydroxylation is 2. The Kier molecular flexibility index (Phi) is 3.18. The maximum absolute atomic E-state index is 11.2. The van der Waals surface area contributed by atoms with Gasteiger partial charge in [0.15, 0.2) is 0 Å². The molecule has 0 saturated carbocycles. The lowest BCUT2D eigenvalue weighted by Gasteiger charge is -2.08. The Bertz CT molecular complexity index is 730. The highest BCUT2D eigenvalue weighted by Crippen LogP contribution is 2.33. The van der Waals surface area contributed by atoms with Crippen LogP contribution >= 0.6 is 0 Å². The number of imidazole rings is 1. The number of aromatic amines is 1. The zero-order chi connectivity index (χ0) is 14.3. The molecule has 0 amide bonds. The van der Waals surface area contributed by atoms with Gasteiger partial charge in [0.05, 0.1) is 23.8 Å². The summed E-state index contributed by atoms with van der Waals surface area (Å²) in [5.74, 6) is 1.66. The number of rotatable bonds is 4. The van der Waals surface area contributed by atoms with E-state index in [4.69, 9.17) is 10.2 Å². The monoisotopic (exact) mass is 295 g/mol. The minimum absolute atomic E-state index is 0.0660.